The van der Waals surface area contributed by atoms with Crippen molar-refractivity contribution in [1.29, 1.82) is 0 Å². The number of halogens is 2. The summed E-state index contributed by atoms with van der Waals surface area (Å²) in [5.74, 6) is -0.670. The molecule has 0 fully saturated rings. The van der Waals surface area contributed by atoms with E-state index in [1.165, 1.54) is 6.07 Å². The average Bonchev–Trinajstić information content (AvgIpc) is 2.43. The second-order valence-electron chi connectivity index (χ2n) is 4.23. The molecular formula is C15H13Cl2NO3. The first-order chi connectivity index (χ1) is 10.1. The molecule has 0 aliphatic carbocycles. The number of hydrogen-bond acceptors (Lipinski definition) is 3. The summed E-state index contributed by atoms with van der Waals surface area (Å²) < 4.78 is 5.47. The number of carboxylic acids is 1. The third-order valence-electron chi connectivity index (χ3n) is 2.67. The van der Waals surface area contributed by atoms with Crippen LogP contribution in [0, 0.1) is 0 Å². The van der Waals surface area contributed by atoms with Crippen LogP contribution in [-0.2, 0) is 0 Å². The van der Waals surface area contributed by atoms with Gasteiger partial charge in [0.2, 0.25) is 0 Å². The Balaban J connectivity index is 1.89. The molecule has 0 amide bonds. The van der Waals surface area contributed by atoms with E-state index in [-0.39, 0.29) is 5.56 Å². The zero-order valence-electron chi connectivity index (χ0n) is 11.0. The molecule has 0 unspecified atom stereocenters. The second kappa shape index (κ2) is 7.20. The molecule has 0 heterocycles. The molecule has 2 aromatic rings. The van der Waals surface area contributed by atoms with Gasteiger partial charge in [-0.2, -0.15) is 0 Å². The fraction of sp³-hybridized carbons (Fsp3) is 0.133. The van der Waals surface area contributed by atoms with E-state index < -0.39 is 5.97 Å². The number of ether oxygens (including phenoxy) is 1. The Morgan fingerprint density at radius 3 is 2.48 bits per heavy atom. The molecule has 21 heavy (non-hydrogen) atoms. The summed E-state index contributed by atoms with van der Waals surface area (Å²) in [4.78, 5) is 11.0. The molecule has 2 rings (SSSR count). The lowest BCUT2D eigenvalue weighted by Crippen LogP contribution is -2.13. The van der Waals surface area contributed by atoms with Crippen LogP contribution >= 0.6 is 23.2 Å². The Labute approximate surface area is 132 Å². The number of rotatable bonds is 6. The largest absolute Gasteiger partial charge is 0.491 e. The summed E-state index contributed by atoms with van der Waals surface area (Å²) in [7, 11) is 0. The predicted molar refractivity (Wildman–Crippen MR) is 83.8 cm³/mol. The van der Waals surface area contributed by atoms with Gasteiger partial charge >= 0.3 is 5.97 Å². The molecule has 6 heteroatoms. The molecule has 0 saturated heterocycles. The van der Waals surface area contributed by atoms with Gasteiger partial charge in [-0.15, -0.1) is 0 Å². The molecule has 0 aliphatic rings. The molecule has 0 bridgehead atoms. The predicted octanol–water partition coefficient (Wildman–Crippen LogP) is 4.18. The van der Waals surface area contributed by atoms with Crippen molar-refractivity contribution >= 4 is 34.9 Å². The highest BCUT2D eigenvalue weighted by molar-refractivity contribution is 6.35. The molecule has 0 aliphatic heterocycles. The van der Waals surface area contributed by atoms with Crippen LogP contribution in [0.2, 0.25) is 10.0 Å². The van der Waals surface area contributed by atoms with Crippen LogP contribution < -0.4 is 10.1 Å². The maximum atomic E-state index is 11.0. The first-order valence-corrected chi connectivity index (χ1v) is 6.97. The van der Waals surface area contributed by atoms with E-state index in [2.05, 4.69) is 5.32 Å². The van der Waals surface area contributed by atoms with Gasteiger partial charge in [0.25, 0.3) is 0 Å². The Morgan fingerprint density at radius 1 is 1.14 bits per heavy atom. The van der Waals surface area contributed by atoms with E-state index in [9.17, 15) is 4.79 Å². The van der Waals surface area contributed by atoms with Crippen LogP contribution in [0.15, 0.2) is 42.5 Å². The second-order valence-corrected chi connectivity index (χ2v) is 5.11. The van der Waals surface area contributed by atoms with Gasteiger partial charge in [-0.1, -0.05) is 35.3 Å². The quantitative estimate of drug-likeness (QED) is 0.782. The van der Waals surface area contributed by atoms with Gasteiger partial charge < -0.3 is 15.2 Å². The van der Waals surface area contributed by atoms with Gasteiger partial charge in [0.05, 0.1) is 0 Å². The molecule has 0 spiro atoms. The Kier molecular flexibility index (Phi) is 5.31. The fourth-order valence-electron chi connectivity index (χ4n) is 1.78. The number of carboxylic acid groups (broad SMARTS) is 1. The average molecular weight is 326 g/mol. The first kappa shape index (κ1) is 15.5. The zero-order valence-corrected chi connectivity index (χ0v) is 12.5. The van der Waals surface area contributed by atoms with Gasteiger partial charge in [0.1, 0.15) is 17.9 Å². The molecule has 2 aromatic carbocycles. The SMILES string of the molecule is O=C(O)c1ccccc1OCCNc1cc(Cl)cc(Cl)c1. The van der Waals surface area contributed by atoms with Crippen molar-refractivity contribution in [3.05, 3.63) is 58.1 Å². The van der Waals surface area contributed by atoms with Crippen molar-refractivity contribution in [2.75, 3.05) is 18.5 Å². The topological polar surface area (TPSA) is 58.6 Å². The maximum Gasteiger partial charge on any atom is 0.339 e. The van der Waals surface area contributed by atoms with Crippen molar-refractivity contribution in [2.45, 2.75) is 0 Å². The number of carbonyl (C=O) groups is 1. The van der Waals surface area contributed by atoms with Crippen molar-refractivity contribution in [1.82, 2.24) is 0 Å². The number of hydrogen-bond donors (Lipinski definition) is 2. The van der Waals surface area contributed by atoms with Gasteiger partial charge in [-0.25, -0.2) is 4.79 Å². The summed E-state index contributed by atoms with van der Waals surface area (Å²) in [6.07, 6.45) is 0. The third kappa shape index (κ3) is 4.55. The Hall–Kier alpha value is -1.91. The van der Waals surface area contributed by atoms with Gasteiger partial charge in [-0.05, 0) is 30.3 Å². The number of anilines is 1. The number of aromatic carboxylic acids is 1. The molecule has 4 nitrogen and oxygen atoms in total. The minimum absolute atomic E-state index is 0.142. The lowest BCUT2D eigenvalue weighted by atomic mass is 10.2. The van der Waals surface area contributed by atoms with Crippen LogP contribution in [-0.4, -0.2) is 24.2 Å². The van der Waals surface area contributed by atoms with E-state index in [0.29, 0.717) is 28.9 Å². The van der Waals surface area contributed by atoms with E-state index >= 15 is 0 Å². The molecule has 2 N–H and O–H groups in total. The van der Waals surface area contributed by atoms with Gasteiger partial charge in [-0.3, -0.25) is 0 Å². The highest BCUT2D eigenvalue weighted by Crippen LogP contribution is 2.22. The summed E-state index contributed by atoms with van der Waals surface area (Å²) >= 11 is 11.8. The standard InChI is InChI=1S/C15H13Cl2NO3/c16-10-7-11(17)9-12(8-10)18-5-6-21-14-4-2-1-3-13(14)15(19)20/h1-4,7-9,18H,5-6H2,(H,19,20). The zero-order chi connectivity index (χ0) is 15.2. The smallest absolute Gasteiger partial charge is 0.339 e. The van der Waals surface area contributed by atoms with Gasteiger partial charge in [0.15, 0.2) is 0 Å². The van der Waals surface area contributed by atoms with Gasteiger partial charge in [0, 0.05) is 22.3 Å². The number of nitrogens with one attached hydrogen (secondary N) is 1. The minimum Gasteiger partial charge on any atom is -0.491 e. The normalized spacial score (nSPS) is 10.2. The summed E-state index contributed by atoms with van der Waals surface area (Å²) in [6.45, 7) is 0.805. The van der Waals surface area contributed by atoms with E-state index in [4.69, 9.17) is 33.0 Å². The van der Waals surface area contributed by atoms with Crippen LogP contribution in [0.3, 0.4) is 0 Å². The Bertz CT molecular complexity index is 626. The van der Waals surface area contributed by atoms with E-state index in [1.807, 2.05) is 0 Å². The summed E-state index contributed by atoms with van der Waals surface area (Å²) in [6, 6.07) is 11.7. The lowest BCUT2D eigenvalue weighted by molar-refractivity contribution is 0.0692. The summed E-state index contributed by atoms with van der Waals surface area (Å²) in [5, 5.41) is 13.2. The molecular weight excluding hydrogens is 313 g/mol. The molecule has 0 saturated carbocycles. The summed E-state index contributed by atoms with van der Waals surface area (Å²) in [5.41, 5.74) is 0.922. The maximum absolute atomic E-state index is 11.0. The molecule has 0 atom stereocenters. The van der Waals surface area contributed by atoms with Crippen molar-refractivity contribution in [3.8, 4) is 5.75 Å². The van der Waals surface area contributed by atoms with Crippen molar-refractivity contribution in [2.24, 2.45) is 0 Å². The number of benzene rings is 2. The van der Waals surface area contributed by atoms with Crippen LogP contribution in [0.25, 0.3) is 0 Å². The number of para-hydroxylation sites is 1. The van der Waals surface area contributed by atoms with Crippen LogP contribution in [0.1, 0.15) is 10.4 Å². The van der Waals surface area contributed by atoms with Crippen LogP contribution in [0.4, 0.5) is 5.69 Å². The highest BCUT2D eigenvalue weighted by Gasteiger charge is 2.09. The molecule has 110 valence electrons. The van der Waals surface area contributed by atoms with Crippen LogP contribution in [0.5, 0.6) is 5.75 Å². The van der Waals surface area contributed by atoms with Crippen molar-refractivity contribution in [3.63, 3.8) is 0 Å². The Morgan fingerprint density at radius 2 is 1.81 bits per heavy atom. The molecule has 0 radical (unpaired) electrons. The van der Waals surface area contributed by atoms with Crippen molar-refractivity contribution < 1.29 is 14.6 Å². The monoisotopic (exact) mass is 325 g/mol. The lowest BCUT2D eigenvalue weighted by Gasteiger charge is -2.11. The van der Waals surface area contributed by atoms with E-state index in [0.717, 1.165) is 5.69 Å². The fourth-order valence-corrected chi connectivity index (χ4v) is 2.31. The molecule has 0 aromatic heterocycles. The first-order valence-electron chi connectivity index (χ1n) is 6.21. The minimum atomic E-state index is -1.01. The third-order valence-corrected chi connectivity index (χ3v) is 3.11. The highest BCUT2D eigenvalue weighted by atomic mass is 35.5. The van der Waals surface area contributed by atoms with E-state index in [1.54, 1.807) is 36.4 Å².